The standard InChI is InChI=1S/C28H20N4O6S2.2Na/c29-20-14-23-21(16-26(20)40(36,37)38)31-28-19-12-7-13-25(39(33,34)35)27(19)22(30-17-8-3-1-4-9-17)15-24(28)32(23)18-10-5-2-6-11-18;;/h1-16H,(H4,29,30,33,34,35,36,37,38);;/q;2*+1/p-1. The minimum Gasteiger partial charge on any atom is -0.744 e. The van der Waals surface area contributed by atoms with Crippen molar-refractivity contribution in [2.75, 3.05) is 11.1 Å². The first-order valence-corrected chi connectivity index (χ1v) is 14.7. The Balaban J connectivity index is 0.00000202. The molecule has 0 aliphatic heterocycles. The van der Waals surface area contributed by atoms with E-state index < -0.39 is 30.0 Å². The second-order valence-electron chi connectivity index (χ2n) is 9.03. The number of hydrogen-bond acceptors (Lipinski definition) is 9. The second-order valence-corrected chi connectivity index (χ2v) is 11.7. The summed E-state index contributed by atoms with van der Waals surface area (Å²) in [6.45, 7) is 0. The summed E-state index contributed by atoms with van der Waals surface area (Å²) in [7, 11) is -9.83. The molecule has 0 aliphatic rings. The molecular weight excluding hydrogens is 598 g/mol. The maximum atomic E-state index is 12.4. The summed E-state index contributed by atoms with van der Waals surface area (Å²) in [5.41, 5.74) is 8.73. The third kappa shape index (κ3) is 5.92. The summed E-state index contributed by atoms with van der Waals surface area (Å²) in [5.74, 6) is 0. The Bertz CT molecular complexity index is 2200. The molecule has 0 saturated heterocycles. The van der Waals surface area contributed by atoms with Crippen molar-refractivity contribution in [1.82, 2.24) is 4.98 Å². The number of nitrogens with one attached hydrogen (secondary N) is 1. The van der Waals surface area contributed by atoms with Crippen molar-refractivity contribution in [3.8, 4) is 5.69 Å². The van der Waals surface area contributed by atoms with Crippen LogP contribution >= 0.6 is 0 Å². The average molecular weight is 618 g/mol. The van der Waals surface area contributed by atoms with Crippen LogP contribution in [0.3, 0.4) is 0 Å². The normalized spacial score (nSPS) is 11.7. The molecule has 0 radical (unpaired) electrons. The van der Waals surface area contributed by atoms with Gasteiger partial charge in [-0.3, -0.25) is 0 Å². The molecule has 0 saturated carbocycles. The van der Waals surface area contributed by atoms with Crippen LogP contribution in [-0.2, 0) is 20.2 Å². The fourth-order valence-electron chi connectivity index (χ4n) is 4.86. The molecule has 0 aliphatic carbocycles. The van der Waals surface area contributed by atoms with Crippen LogP contribution in [0.15, 0.2) is 107 Å². The summed E-state index contributed by atoms with van der Waals surface area (Å²) >= 11 is 0. The smallest absolute Gasteiger partial charge is 0.744 e. The van der Waals surface area contributed by atoms with Crippen molar-refractivity contribution in [1.29, 1.82) is 0 Å². The summed E-state index contributed by atoms with van der Waals surface area (Å²) in [5, 5.41) is 3.67. The Morgan fingerprint density at radius 2 is 1.33 bits per heavy atom. The van der Waals surface area contributed by atoms with Crippen molar-refractivity contribution >= 4 is 70.1 Å². The number of anilines is 3. The number of nitrogens with zero attached hydrogens (tertiary/aromatic N) is 2. The van der Waals surface area contributed by atoms with Crippen LogP contribution in [0.4, 0.5) is 17.1 Å². The first-order chi connectivity index (χ1) is 19.0. The fourth-order valence-corrected chi connectivity index (χ4v) is 6.18. The molecule has 1 heterocycles. The predicted molar refractivity (Wildman–Crippen MR) is 148 cm³/mol. The summed E-state index contributed by atoms with van der Waals surface area (Å²) in [4.78, 5) is 3.60. The molecule has 1 aromatic heterocycles. The van der Waals surface area contributed by atoms with E-state index in [-0.39, 0.29) is 81.2 Å². The van der Waals surface area contributed by atoms with E-state index in [2.05, 4.69) is 10.3 Å². The number of fused-ring (bicyclic) bond motifs is 4. The first kappa shape index (κ1) is 32.3. The molecule has 0 fully saturated rings. The minimum atomic E-state index is -4.92. The maximum Gasteiger partial charge on any atom is 1.00 e. The molecule has 0 spiro atoms. The van der Waals surface area contributed by atoms with Gasteiger partial charge in [0.05, 0.1) is 21.2 Å². The van der Waals surface area contributed by atoms with Gasteiger partial charge in [-0.05, 0) is 24.3 Å². The van der Waals surface area contributed by atoms with Crippen LogP contribution in [-0.4, -0.2) is 30.9 Å². The van der Waals surface area contributed by atoms with Gasteiger partial charge in [0.25, 0.3) is 0 Å². The zero-order chi connectivity index (χ0) is 28.2. The Kier molecular flexibility index (Phi) is 9.36. The number of nitrogens with two attached hydrogens (primary N) is 1. The van der Waals surface area contributed by atoms with Crippen molar-refractivity contribution in [2.45, 2.75) is 9.79 Å². The van der Waals surface area contributed by atoms with Gasteiger partial charge in [0.2, 0.25) is 16.7 Å². The van der Waals surface area contributed by atoms with E-state index in [4.69, 9.17) is 5.73 Å². The van der Waals surface area contributed by atoms with E-state index in [1.807, 2.05) is 36.4 Å². The van der Waals surface area contributed by atoms with Crippen molar-refractivity contribution in [2.24, 2.45) is 0 Å². The Labute approximate surface area is 285 Å². The quantitative estimate of drug-likeness (QED) is 0.0553. The van der Waals surface area contributed by atoms with Gasteiger partial charge >= 0.3 is 59.1 Å². The summed E-state index contributed by atoms with van der Waals surface area (Å²) in [6, 6.07) is 26.5. The molecule has 3 N–H and O–H groups in total. The molecule has 14 heteroatoms. The molecule has 0 amide bonds. The van der Waals surface area contributed by atoms with E-state index in [1.165, 1.54) is 18.2 Å². The van der Waals surface area contributed by atoms with Crippen molar-refractivity contribution in [3.63, 3.8) is 0 Å². The Morgan fingerprint density at radius 1 is 0.714 bits per heavy atom. The minimum absolute atomic E-state index is 0. The Hall–Kier alpha value is -2.62. The van der Waals surface area contributed by atoms with Crippen LogP contribution in [0.25, 0.3) is 38.5 Å². The number of nitrogen functional groups attached to an aromatic ring is 1. The number of aromatic nitrogens is 2. The van der Waals surface area contributed by atoms with E-state index >= 15 is 0 Å². The molecule has 10 nitrogen and oxygen atoms in total. The second kappa shape index (κ2) is 12.2. The fraction of sp³-hybridized carbons (Fsp3) is 0. The molecule has 0 bridgehead atoms. The van der Waals surface area contributed by atoms with Crippen molar-refractivity contribution < 1.29 is 89.6 Å². The van der Waals surface area contributed by atoms with Gasteiger partial charge in [0.1, 0.15) is 31.3 Å². The monoisotopic (exact) mass is 617 g/mol. The molecule has 6 aromatic rings. The molecular formula is C28H19N4Na2O6S2+. The Morgan fingerprint density at radius 3 is 1.95 bits per heavy atom. The number of rotatable bonds is 5. The number of para-hydroxylation sites is 2. The van der Waals surface area contributed by atoms with Crippen LogP contribution in [0, 0.1) is 0 Å². The maximum absolute atomic E-state index is 12.4. The number of benzene rings is 5. The molecule has 0 atom stereocenters. The zero-order valence-electron chi connectivity index (χ0n) is 22.5. The number of hydrogen-bond donors (Lipinski definition) is 2. The summed E-state index contributed by atoms with van der Waals surface area (Å²) in [6.07, 6.45) is 0. The van der Waals surface area contributed by atoms with Crippen LogP contribution in [0.1, 0.15) is 0 Å². The largest absolute Gasteiger partial charge is 1.00 e. The van der Waals surface area contributed by atoms with Gasteiger partial charge in [0.15, 0.2) is 0 Å². The topological polar surface area (TPSA) is 169 Å². The van der Waals surface area contributed by atoms with Crippen molar-refractivity contribution in [3.05, 3.63) is 97.1 Å². The van der Waals surface area contributed by atoms with E-state index in [0.717, 1.165) is 6.07 Å². The van der Waals surface area contributed by atoms with E-state index in [1.54, 1.807) is 41.0 Å². The van der Waals surface area contributed by atoms with Gasteiger partial charge in [-0.2, -0.15) is 0 Å². The molecule has 42 heavy (non-hydrogen) atoms. The van der Waals surface area contributed by atoms with Crippen LogP contribution in [0.2, 0.25) is 0 Å². The first-order valence-electron chi connectivity index (χ1n) is 11.9. The van der Waals surface area contributed by atoms with Gasteiger partial charge in [-0.25, -0.2) is 21.8 Å². The SMILES string of the molecule is Nc1cc2c(cc1S(=O)(=O)[O-])nc1c3cccc(S(=O)(=O)[O-])c3c(Nc3ccccc3)cc1[n+]2-c1ccccc1.[Na+].[Na+]. The summed E-state index contributed by atoms with van der Waals surface area (Å²) < 4.78 is 74.6. The van der Waals surface area contributed by atoms with Crippen LogP contribution < -0.4 is 74.7 Å². The molecule has 0 unspecified atom stereocenters. The van der Waals surface area contributed by atoms with Gasteiger partial charge in [0, 0.05) is 40.7 Å². The van der Waals surface area contributed by atoms with Gasteiger partial charge in [-0.1, -0.05) is 48.5 Å². The van der Waals surface area contributed by atoms with E-state index in [0.29, 0.717) is 33.5 Å². The van der Waals surface area contributed by atoms with Gasteiger partial charge in [-0.15, -0.1) is 4.57 Å². The molecule has 6 rings (SSSR count). The third-order valence-corrected chi connectivity index (χ3v) is 8.27. The average Bonchev–Trinajstić information content (AvgIpc) is 2.91. The predicted octanol–water partition coefficient (Wildman–Crippen LogP) is -2.04. The molecule has 5 aromatic carbocycles. The van der Waals surface area contributed by atoms with E-state index in [9.17, 15) is 25.9 Å². The van der Waals surface area contributed by atoms with Crippen LogP contribution in [0.5, 0.6) is 0 Å². The zero-order valence-corrected chi connectivity index (χ0v) is 28.1. The van der Waals surface area contributed by atoms with Gasteiger partial charge < -0.3 is 20.2 Å². The molecule has 200 valence electrons. The third-order valence-electron chi connectivity index (χ3n) is 6.50.